The van der Waals surface area contributed by atoms with Gasteiger partial charge in [0, 0.05) is 11.6 Å². The molecule has 134 valence electrons. The van der Waals surface area contributed by atoms with Gasteiger partial charge in [-0.05, 0) is 62.2 Å². The Balaban J connectivity index is 1.72. The fraction of sp³-hybridized carbons (Fsp3) is 0.200. The molecule has 1 amide bonds. The van der Waals surface area contributed by atoms with Crippen molar-refractivity contribution in [1.29, 1.82) is 0 Å². The smallest absolute Gasteiger partial charge is 0.255 e. The summed E-state index contributed by atoms with van der Waals surface area (Å²) in [5.41, 5.74) is 3.67. The van der Waals surface area contributed by atoms with Crippen LogP contribution in [0.2, 0.25) is 5.02 Å². The van der Waals surface area contributed by atoms with Gasteiger partial charge in [0.25, 0.3) is 5.91 Å². The summed E-state index contributed by atoms with van der Waals surface area (Å²) in [6.45, 7) is 4.12. The minimum atomic E-state index is -0.311. The minimum absolute atomic E-state index is 0.171. The molecule has 0 spiro atoms. The molecular weight excluding hydrogens is 353 g/mol. The molecular formula is C20H19ClFN3O. The number of benzene rings is 2. The maximum atomic E-state index is 13.1. The average Bonchev–Trinajstić information content (AvgIpc) is 2.90. The van der Waals surface area contributed by atoms with Crippen LogP contribution in [0.1, 0.15) is 27.3 Å². The van der Waals surface area contributed by atoms with E-state index in [0.29, 0.717) is 34.9 Å². The molecule has 0 aliphatic rings. The molecule has 0 saturated heterocycles. The Morgan fingerprint density at radius 2 is 1.92 bits per heavy atom. The fourth-order valence-corrected chi connectivity index (χ4v) is 3.12. The van der Waals surface area contributed by atoms with E-state index in [1.54, 1.807) is 23.7 Å². The highest BCUT2D eigenvalue weighted by Gasteiger charge is 2.19. The number of nitrogens with zero attached hydrogens (tertiary/aromatic N) is 2. The van der Waals surface area contributed by atoms with Crippen LogP contribution in [0, 0.1) is 19.7 Å². The largest absolute Gasteiger partial charge is 0.352 e. The van der Waals surface area contributed by atoms with Crippen LogP contribution < -0.4 is 5.32 Å². The highest BCUT2D eigenvalue weighted by Crippen LogP contribution is 2.18. The van der Waals surface area contributed by atoms with Crippen molar-refractivity contribution in [2.45, 2.75) is 20.3 Å². The van der Waals surface area contributed by atoms with Crippen LogP contribution in [0.3, 0.4) is 0 Å². The molecule has 1 N–H and O–H groups in total. The summed E-state index contributed by atoms with van der Waals surface area (Å²) >= 11 is 5.97. The van der Waals surface area contributed by atoms with Gasteiger partial charge in [-0.3, -0.25) is 4.79 Å². The molecule has 0 aliphatic carbocycles. The summed E-state index contributed by atoms with van der Waals surface area (Å²) in [5, 5.41) is 8.03. The molecule has 6 heteroatoms. The van der Waals surface area contributed by atoms with Crippen LogP contribution in [0.4, 0.5) is 4.39 Å². The van der Waals surface area contributed by atoms with Gasteiger partial charge in [-0.25, -0.2) is 9.07 Å². The molecule has 1 heterocycles. The van der Waals surface area contributed by atoms with Crippen LogP contribution in [-0.2, 0) is 6.42 Å². The van der Waals surface area contributed by atoms with E-state index in [9.17, 15) is 9.18 Å². The van der Waals surface area contributed by atoms with Gasteiger partial charge in [-0.15, -0.1) is 0 Å². The third-order valence-electron chi connectivity index (χ3n) is 4.18. The van der Waals surface area contributed by atoms with E-state index in [1.807, 2.05) is 31.2 Å². The van der Waals surface area contributed by atoms with Crippen molar-refractivity contribution in [1.82, 2.24) is 15.1 Å². The molecule has 0 unspecified atom stereocenters. The normalized spacial score (nSPS) is 10.8. The zero-order valence-electron chi connectivity index (χ0n) is 14.6. The lowest BCUT2D eigenvalue weighted by Crippen LogP contribution is -2.26. The third-order valence-corrected chi connectivity index (χ3v) is 4.41. The molecule has 2 aromatic carbocycles. The number of rotatable bonds is 5. The second kappa shape index (κ2) is 7.70. The lowest BCUT2D eigenvalue weighted by Gasteiger charge is -2.07. The summed E-state index contributed by atoms with van der Waals surface area (Å²) in [6.07, 6.45) is 0.691. The van der Waals surface area contributed by atoms with E-state index in [-0.39, 0.29) is 11.7 Å². The average molecular weight is 372 g/mol. The highest BCUT2D eigenvalue weighted by molar-refractivity contribution is 6.30. The van der Waals surface area contributed by atoms with Crippen molar-refractivity contribution >= 4 is 17.5 Å². The molecule has 4 nitrogen and oxygen atoms in total. The monoisotopic (exact) mass is 371 g/mol. The first-order chi connectivity index (χ1) is 12.5. The molecule has 0 atom stereocenters. The van der Waals surface area contributed by atoms with Gasteiger partial charge in [-0.2, -0.15) is 5.10 Å². The van der Waals surface area contributed by atoms with Gasteiger partial charge in [0.05, 0.1) is 22.6 Å². The molecule has 0 radical (unpaired) electrons. The Hall–Kier alpha value is -2.66. The van der Waals surface area contributed by atoms with E-state index in [0.717, 1.165) is 11.3 Å². The van der Waals surface area contributed by atoms with E-state index < -0.39 is 0 Å². The van der Waals surface area contributed by atoms with Crippen LogP contribution >= 0.6 is 11.6 Å². The third kappa shape index (κ3) is 3.94. The molecule has 0 saturated carbocycles. The SMILES string of the molecule is Cc1nn(-c2ccc(F)cc2)c(C)c1C(=O)NCCc1cccc(Cl)c1. The van der Waals surface area contributed by atoms with Crippen LogP contribution in [0.15, 0.2) is 48.5 Å². The number of hydrogen-bond donors (Lipinski definition) is 1. The summed E-state index contributed by atoms with van der Waals surface area (Å²) in [7, 11) is 0. The van der Waals surface area contributed by atoms with Crippen molar-refractivity contribution in [3.8, 4) is 5.69 Å². The predicted molar refractivity (Wildman–Crippen MR) is 100 cm³/mol. The van der Waals surface area contributed by atoms with Crippen LogP contribution in [-0.4, -0.2) is 22.2 Å². The fourth-order valence-electron chi connectivity index (χ4n) is 2.91. The van der Waals surface area contributed by atoms with Gasteiger partial charge >= 0.3 is 0 Å². The quantitative estimate of drug-likeness (QED) is 0.728. The molecule has 0 aliphatic heterocycles. The van der Waals surface area contributed by atoms with E-state index in [4.69, 9.17) is 11.6 Å². The topological polar surface area (TPSA) is 46.9 Å². The number of carbonyl (C=O) groups is 1. The van der Waals surface area contributed by atoms with E-state index >= 15 is 0 Å². The molecule has 1 aromatic heterocycles. The Bertz CT molecular complexity index is 935. The lowest BCUT2D eigenvalue weighted by atomic mass is 10.1. The van der Waals surface area contributed by atoms with Crippen molar-refractivity contribution < 1.29 is 9.18 Å². The van der Waals surface area contributed by atoms with Crippen molar-refractivity contribution in [2.24, 2.45) is 0 Å². The molecule has 3 rings (SSSR count). The number of hydrogen-bond acceptors (Lipinski definition) is 2. The zero-order valence-corrected chi connectivity index (χ0v) is 15.3. The molecule has 0 bridgehead atoms. The van der Waals surface area contributed by atoms with Gasteiger partial charge in [0.2, 0.25) is 0 Å². The summed E-state index contributed by atoms with van der Waals surface area (Å²) in [5.74, 6) is -0.482. The van der Waals surface area contributed by atoms with Crippen molar-refractivity contribution in [3.05, 3.63) is 81.9 Å². The minimum Gasteiger partial charge on any atom is -0.352 e. The van der Waals surface area contributed by atoms with Gasteiger partial charge in [-0.1, -0.05) is 23.7 Å². The first-order valence-electron chi connectivity index (χ1n) is 8.30. The number of amides is 1. The predicted octanol–water partition coefficient (Wildman–Crippen LogP) is 4.25. The maximum Gasteiger partial charge on any atom is 0.255 e. The second-order valence-corrected chi connectivity index (χ2v) is 6.51. The molecule has 26 heavy (non-hydrogen) atoms. The first-order valence-corrected chi connectivity index (χ1v) is 8.68. The summed E-state index contributed by atoms with van der Waals surface area (Å²) in [6, 6.07) is 13.6. The van der Waals surface area contributed by atoms with Gasteiger partial charge < -0.3 is 5.32 Å². The summed E-state index contributed by atoms with van der Waals surface area (Å²) in [4.78, 5) is 12.6. The summed E-state index contributed by atoms with van der Waals surface area (Å²) < 4.78 is 14.8. The lowest BCUT2D eigenvalue weighted by molar-refractivity contribution is 0.0953. The standard InChI is InChI=1S/C20H19ClFN3O/c1-13-19(14(2)25(24-13)18-8-6-17(22)7-9-18)20(26)23-11-10-15-4-3-5-16(21)12-15/h3-9,12H,10-11H2,1-2H3,(H,23,26). The number of nitrogens with one attached hydrogen (secondary N) is 1. The van der Waals surface area contributed by atoms with Gasteiger partial charge in [0.15, 0.2) is 0 Å². The number of aryl methyl sites for hydroxylation is 1. The first kappa shape index (κ1) is 18.1. The van der Waals surface area contributed by atoms with E-state index in [1.165, 1.54) is 12.1 Å². The van der Waals surface area contributed by atoms with Crippen LogP contribution in [0.25, 0.3) is 5.69 Å². The highest BCUT2D eigenvalue weighted by atomic mass is 35.5. The Morgan fingerprint density at radius 1 is 1.19 bits per heavy atom. The van der Waals surface area contributed by atoms with Gasteiger partial charge in [0.1, 0.15) is 5.82 Å². The number of halogens is 2. The molecule has 3 aromatic rings. The van der Waals surface area contributed by atoms with Crippen molar-refractivity contribution in [3.63, 3.8) is 0 Å². The number of carbonyl (C=O) groups excluding carboxylic acids is 1. The maximum absolute atomic E-state index is 13.1. The molecule has 0 fully saturated rings. The second-order valence-electron chi connectivity index (χ2n) is 6.07. The Labute approximate surface area is 156 Å². The Morgan fingerprint density at radius 3 is 2.62 bits per heavy atom. The van der Waals surface area contributed by atoms with Crippen LogP contribution in [0.5, 0.6) is 0 Å². The van der Waals surface area contributed by atoms with Crippen molar-refractivity contribution in [2.75, 3.05) is 6.54 Å². The number of aromatic nitrogens is 2. The zero-order chi connectivity index (χ0) is 18.7. The Kier molecular flexibility index (Phi) is 5.38. The van der Waals surface area contributed by atoms with E-state index in [2.05, 4.69) is 10.4 Å².